The summed E-state index contributed by atoms with van der Waals surface area (Å²) in [5.41, 5.74) is -0.141. The average Bonchev–Trinajstić information content (AvgIpc) is 2.62. The lowest BCUT2D eigenvalue weighted by Crippen LogP contribution is -2.43. The molecule has 0 aromatic heterocycles. The van der Waals surface area contributed by atoms with Crippen molar-refractivity contribution in [1.82, 2.24) is 4.72 Å². The normalized spacial score (nSPS) is 12.4. The molecule has 1 atom stereocenters. The summed E-state index contributed by atoms with van der Waals surface area (Å²) in [6, 6.07) is 8.54. The number of nitro groups is 1. The van der Waals surface area contributed by atoms with Gasteiger partial charge in [0, 0.05) is 6.07 Å². The van der Waals surface area contributed by atoms with Crippen LogP contribution in [0.2, 0.25) is 0 Å². The molecule has 1 unspecified atom stereocenters. The highest BCUT2D eigenvalue weighted by Gasteiger charge is 2.31. The fourth-order valence-electron chi connectivity index (χ4n) is 2.26. The zero-order valence-corrected chi connectivity index (χ0v) is 14.4. The lowest BCUT2D eigenvalue weighted by Gasteiger charge is -2.17. The molecule has 0 saturated carbocycles. The minimum Gasteiger partial charge on any atom is -0.468 e. The van der Waals surface area contributed by atoms with Crippen LogP contribution in [0.15, 0.2) is 53.4 Å². The van der Waals surface area contributed by atoms with Crippen LogP contribution < -0.4 is 4.72 Å². The first-order chi connectivity index (χ1) is 12.2. The summed E-state index contributed by atoms with van der Waals surface area (Å²) in [6.07, 6.45) is -0.118. The third kappa shape index (κ3) is 4.61. The zero-order chi connectivity index (χ0) is 19.3. The molecule has 2 rings (SSSR count). The summed E-state index contributed by atoms with van der Waals surface area (Å²) in [6.45, 7) is 0. The molecule has 0 bridgehead atoms. The maximum Gasteiger partial charge on any atom is 0.324 e. The summed E-state index contributed by atoms with van der Waals surface area (Å²) in [5.74, 6) is -1.36. The van der Waals surface area contributed by atoms with Gasteiger partial charge in [-0.1, -0.05) is 24.3 Å². The summed E-state index contributed by atoms with van der Waals surface area (Å²) in [7, 11) is -3.30. The minimum atomic E-state index is -4.39. The molecule has 0 aliphatic carbocycles. The van der Waals surface area contributed by atoms with Gasteiger partial charge in [-0.25, -0.2) is 12.8 Å². The van der Waals surface area contributed by atoms with Crippen molar-refractivity contribution in [3.8, 4) is 0 Å². The van der Waals surface area contributed by atoms with Crippen LogP contribution in [-0.4, -0.2) is 32.5 Å². The number of esters is 1. The van der Waals surface area contributed by atoms with Gasteiger partial charge in [0.25, 0.3) is 5.69 Å². The molecule has 2 aromatic carbocycles. The van der Waals surface area contributed by atoms with E-state index in [1.165, 1.54) is 36.4 Å². The maximum absolute atomic E-state index is 13.0. The quantitative estimate of drug-likeness (QED) is 0.443. The van der Waals surface area contributed by atoms with E-state index in [1.54, 1.807) is 0 Å². The van der Waals surface area contributed by atoms with Crippen molar-refractivity contribution >= 4 is 21.7 Å². The van der Waals surface area contributed by atoms with Gasteiger partial charge in [-0.2, -0.15) is 4.72 Å². The second-order valence-corrected chi connectivity index (χ2v) is 6.93. The number of nitro benzene ring substituents is 1. The Balaban J connectivity index is 2.34. The van der Waals surface area contributed by atoms with E-state index in [-0.39, 0.29) is 6.42 Å². The number of sulfonamides is 1. The van der Waals surface area contributed by atoms with Gasteiger partial charge in [0.1, 0.15) is 11.9 Å². The Morgan fingerprint density at radius 2 is 1.85 bits per heavy atom. The Bertz CT molecular complexity index is 915. The first-order valence-electron chi connectivity index (χ1n) is 7.32. The molecular weight excluding hydrogens is 367 g/mol. The van der Waals surface area contributed by atoms with Crippen molar-refractivity contribution < 1.29 is 27.3 Å². The van der Waals surface area contributed by atoms with E-state index in [9.17, 15) is 27.7 Å². The molecule has 0 radical (unpaired) electrons. The molecule has 8 nitrogen and oxygen atoms in total. The van der Waals surface area contributed by atoms with Crippen molar-refractivity contribution in [2.24, 2.45) is 0 Å². The number of hydrogen-bond acceptors (Lipinski definition) is 6. The first kappa shape index (κ1) is 19.5. The van der Waals surface area contributed by atoms with Crippen LogP contribution in [0, 0.1) is 15.9 Å². The van der Waals surface area contributed by atoms with Gasteiger partial charge < -0.3 is 4.74 Å². The number of para-hydroxylation sites is 1. The highest BCUT2D eigenvalue weighted by atomic mass is 32.2. The van der Waals surface area contributed by atoms with Crippen molar-refractivity contribution in [3.05, 3.63) is 70.0 Å². The molecule has 0 spiro atoms. The van der Waals surface area contributed by atoms with E-state index in [2.05, 4.69) is 9.46 Å². The predicted octanol–water partition coefficient (Wildman–Crippen LogP) is 1.80. The lowest BCUT2D eigenvalue weighted by molar-refractivity contribution is -0.387. The number of ether oxygens (including phenoxy) is 1. The van der Waals surface area contributed by atoms with Crippen LogP contribution in [0.1, 0.15) is 5.56 Å². The number of rotatable bonds is 7. The fourth-order valence-corrected chi connectivity index (χ4v) is 3.61. The van der Waals surface area contributed by atoms with Crippen LogP contribution in [0.5, 0.6) is 0 Å². The molecule has 0 saturated heterocycles. The van der Waals surface area contributed by atoms with Crippen molar-refractivity contribution in [2.45, 2.75) is 17.4 Å². The first-order valence-corrected chi connectivity index (χ1v) is 8.81. The number of nitrogens with zero attached hydrogens (tertiary/aromatic N) is 1. The van der Waals surface area contributed by atoms with E-state index in [0.29, 0.717) is 5.56 Å². The van der Waals surface area contributed by atoms with Gasteiger partial charge >= 0.3 is 5.97 Å². The van der Waals surface area contributed by atoms with Gasteiger partial charge in [0.15, 0.2) is 4.90 Å². The van der Waals surface area contributed by atoms with Gasteiger partial charge in [0.05, 0.1) is 12.0 Å². The number of benzene rings is 2. The number of halogens is 1. The Morgan fingerprint density at radius 1 is 1.23 bits per heavy atom. The average molecular weight is 382 g/mol. The minimum absolute atomic E-state index is 0.118. The van der Waals surface area contributed by atoms with Crippen molar-refractivity contribution in [1.29, 1.82) is 0 Å². The summed E-state index contributed by atoms with van der Waals surface area (Å²) < 4.78 is 44.8. The van der Waals surface area contributed by atoms with Crippen LogP contribution in [0.3, 0.4) is 0 Å². The van der Waals surface area contributed by atoms with E-state index < -0.39 is 43.4 Å². The van der Waals surface area contributed by atoms with Gasteiger partial charge in [-0.3, -0.25) is 14.9 Å². The van der Waals surface area contributed by atoms with Gasteiger partial charge in [0.2, 0.25) is 10.0 Å². The molecular formula is C16H15FN2O6S. The Morgan fingerprint density at radius 3 is 2.42 bits per heavy atom. The topological polar surface area (TPSA) is 116 Å². The summed E-state index contributed by atoms with van der Waals surface area (Å²) in [4.78, 5) is 21.6. The smallest absolute Gasteiger partial charge is 0.324 e. The molecule has 1 N–H and O–H groups in total. The Hall–Kier alpha value is -2.85. The molecule has 138 valence electrons. The van der Waals surface area contributed by atoms with E-state index >= 15 is 0 Å². The van der Waals surface area contributed by atoms with Crippen LogP contribution in [0.25, 0.3) is 0 Å². The van der Waals surface area contributed by atoms with Gasteiger partial charge in [-0.05, 0) is 30.2 Å². The standard InChI is InChI=1S/C16H15FN2O6S/c1-25-16(20)13(10-11-6-8-12(17)9-7-11)18-26(23,24)15-5-3-2-4-14(15)19(21)22/h2-9,13,18H,10H2,1H3. The summed E-state index contributed by atoms with van der Waals surface area (Å²) >= 11 is 0. The lowest BCUT2D eigenvalue weighted by atomic mass is 10.1. The Labute approximate surface area is 148 Å². The molecule has 2 aromatic rings. The fraction of sp³-hybridized carbons (Fsp3) is 0.188. The highest BCUT2D eigenvalue weighted by molar-refractivity contribution is 7.89. The number of methoxy groups -OCH3 is 1. The predicted molar refractivity (Wildman–Crippen MR) is 89.3 cm³/mol. The second-order valence-electron chi connectivity index (χ2n) is 5.25. The van der Waals surface area contributed by atoms with E-state index in [1.807, 2.05) is 0 Å². The SMILES string of the molecule is COC(=O)C(Cc1ccc(F)cc1)NS(=O)(=O)c1ccccc1[N+](=O)[O-]. The summed E-state index contributed by atoms with van der Waals surface area (Å²) in [5, 5.41) is 11.1. The molecule has 0 fully saturated rings. The molecule has 0 aliphatic heterocycles. The molecule has 26 heavy (non-hydrogen) atoms. The number of carbonyl (C=O) groups is 1. The van der Waals surface area contributed by atoms with Crippen molar-refractivity contribution in [3.63, 3.8) is 0 Å². The monoisotopic (exact) mass is 382 g/mol. The third-order valence-electron chi connectivity index (χ3n) is 3.49. The van der Waals surface area contributed by atoms with Crippen LogP contribution in [0.4, 0.5) is 10.1 Å². The van der Waals surface area contributed by atoms with Crippen LogP contribution >= 0.6 is 0 Å². The van der Waals surface area contributed by atoms with Gasteiger partial charge in [-0.15, -0.1) is 0 Å². The second kappa shape index (κ2) is 8.02. The van der Waals surface area contributed by atoms with E-state index in [4.69, 9.17) is 0 Å². The third-order valence-corrected chi connectivity index (χ3v) is 5.01. The van der Waals surface area contributed by atoms with Crippen LogP contribution in [-0.2, 0) is 26.0 Å². The Kier molecular flexibility index (Phi) is 6.01. The highest BCUT2D eigenvalue weighted by Crippen LogP contribution is 2.23. The molecule has 0 heterocycles. The number of carbonyl (C=O) groups excluding carboxylic acids is 1. The largest absolute Gasteiger partial charge is 0.468 e. The molecule has 0 aliphatic rings. The number of nitrogens with one attached hydrogen (secondary N) is 1. The number of hydrogen-bond donors (Lipinski definition) is 1. The molecule has 0 amide bonds. The molecule has 10 heteroatoms. The van der Waals surface area contributed by atoms with Crippen molar-refractivity contribution in [2.75, 3.05) is 7.11 Å². The van der Waals surface area contributed by atoms with E-state index in [0.717, 1.165) is 19.2 Å². The zero-order valence-electron chi connectivity index (χ0n) is 13.6. The maximum atomic E-state index is 13.0.